The molecular weight excluding hydrogens is 246 g/mol. The zero-order valence-electron chi connectivity index (χ0n) is 10.4. The second kappa shape index (κ2) is 4.90. The standard InChI is InChI=1S/C13H17N3OS/c1-18-13-14-6-10(7-17)12(16-13)15-11-5-8-2-3-9(11)4-8/h4,6,8,11,17H,2-3,5,7H2,1H3,(H,14,15,16)/t8-,11?/m1/s1. The average Bonchev–Trinajstić information content (AvgIpc) is 3.01. The lowest BCUT2D eigenvalue weighted by Crippen LogP contribution is -2.24. The maximum atomic E-state index is 9.35. The number of hydrogen-bond acceptors (Lipinski definition) is 5. The second-order valence-corrected chi connectivity index (χ2v) is 5.64. The molecule has 3 rings (SSSR count). The molecule has 1 heterocycles. The Morgan fingerprint density at radius 1 is 1.56 bits per heavy atom. The van der Waals surface area contributed by atoms with Crippen molar-refractivity contribution in [2.45, 2.75) is 37.1 Å². The molecule has 0 spiro atoms. The Morgan fingerprint density at radius 2 is 2.44 bits per heavy atom. The van der Waals surface area contributed by atoms with Crippen LogP contribution in [0.15, 0.2) is 23.0 Å². The van der Waals surface area contributed by atoms with Crippen molar-refractivity contribution in [3.63, 3.8) is 0 Å². The summed E-state index contributed by atoms with van der Waals surface area (Å²) in [7, 11) is 0. The molecule has 2 aliphatic rings. The van der Waals surface area contributed by atoms with Gasteiger partial charge in [0.05, 0.1) is 6.61 Å². The topological polar surface area (TPSA) is 58.0 Å². The van der Waals surface area contributed by atoms with Crippen molar-refractivity contribution in [1.82, 2.24) is 9.97 Å². The van der Waals surface area contributed by atoms with E-state index >= 15 is 0 Å². The SMILES string of the molecule is CSc1ncc(CO)c(NC2C[C@H]3C=C2CC3)n1. The van der Waals surface area contributed by atoms with E-state index in [1.54, 1.807) is 6.20 Å². The van der Waals surface area contributed by atoms with Crippen molar-refractivity contribution >= 4 is 17.6 Å². The minimum atomic E-state index is -0.0216. The number of fused-ring (bicyclic) bond motifs is 1. The van der Waals surface area contributed by atoms with Crippen molar-refractivity contribution in [1.29, 1.82) is 0 Å². The molecule has 1 aromatic rings. The molecule has 1 aromatic heterocycles. The first-order valence-corrected chi connectivity index (χ1v) is 7.50. The lowest BCUT2D eigenvalue weighted by atomic mass is 9.95. The van der Waals surface area contributed by atoms with Gasteiger partial charge in [0.25, 0.3) is 0 Å². The number of allylic oxidation sites excluding steroid dienone is 1. The number of hydrogen-bond donors (Lipinski definition) is 2. The van der Waals surface area contributed by atoms with Gasteiger partial charge in [-0.15, -0.1) is 0 Å². The fourth-order valence-corrected chi connectivity index (χ4v) is 3.14. The Bertz CT molecular complexity index is 489. The van der Waals surface area contributed by atoms with Crippen LogP contribution < -0.4 is 5.32 Å². The summed E-state index contributed by atoms with van der Waals surface area (Å²) in [4.78, 5) is 8.65. The van der Waals surface area contributed by atoms with E-state index in [9.17, 15) is 5.11 Å². The van der Waals surface area contributed by atoms with Crippen molar-refractivity contribution < 1.29 is 5.11 Å². The second-order valence-electron chi connectivity index (χ2n) is 4.86. The highest BCUT2D eigenvalue weighted by Gasteiger charge is 2.32. The molecular formula is C13H17N3OS. The van der Waals surface area contributed by atoms with Crippen LogP contribution in [0, 0.1) is 5.92 Å². The van der Waals surface area contributed by atoms with E-state index in [0.717, 1.165) is 22.5 Å². The first-order valence-electron chi connectivity index (χ1n) is 6.28. The summed E-state index contributed by atoms with van der Waals surface area (Å²) in [5.41, 5.74) is 2.28. The maximum absolute atomic E-state index is 9.35. The Balaban J connectivity index is 1.81. The van der Waals surface area contributed by atoms with Crippen LogP contribution in [-0.2, 0) is 6.61 Å². The summed E-state index contributed by atoms with van der Waals surface area (Å²) in [6, 6.07) is 0.402. The largest absolute Gasteiger partial charge is 0.391 e. The molecule has 2 bridgehead atoms. The van der Waals surface area contributed by atoms with Crippen LogP contribution in [0.5, 0.6) is 0 Å². The van der Waals surface area contributed by atoms with Gasteiger partial charge >= 0.3 is 0 Å². The molecule has 0 saturated heterocycles. The molecule has 0 radical (unpaired) electrons. The lowest BCUT2D eigenvalue weighted by Gasteiger charge is -2.23. The van der Waals surface area contributed by atoms with E-state index in [0.29, 0.717) is 6.04 Å². The van der Waals surface area contributed by atoms with Gasteiger partial charge in [-0.2, -0.15) is 0 Å². The van der Waals surface area contributed by atoms with Crippen LogP contribution in [0.1, 0.15) is 24.8 Å². The Labute approximate surface area is 111 Å². The molecule has 4 nitrogen and oxygen atoms in total. The fourth-order valence-electron chi connectivity index (χ4n) is 2.80. The average molecular weight is 263 g/mol. The van der Waals surface area contributed by atoms with E-state index < -0.39 is 0 Å². The highest BCUT2D eigenvalue weighted by Crippen LogP contribution is 2.40. The Morgan fingerprint density at radius 3 is 3.06 bits per heavy atom. The molecule has 0 aliphatic heterocycles. The predicted molar refractivity (Wildman–Crippen MR) is 72.6 cm³/mol. The summed E-state index contributed by atoms with van der Waals surface area (Å²) in [5, 5.41) is 13.6. The predicted octanol–water partition coefficient (Wildman–Crippen LogP) is 2.21. The quantitative estimate of drug-likeness (QED) is 0.495. The van der Waals surface area contributed by atoms with Gasteiger partial charge in [0, 0.05) is 17.8 Å². The fraction of sp³-hybridized carbons (Fsp3) is 0.538. The Hall–Kier alpha value is -1.07. The highest BCUT2D eigenvalue weighted by molar-refractivity contribution is 7.98. The number of aliphatic hydroxyl groups is 1. The van der Waals surface area contributed by atoms with E-state index in [2.05, 4.69) is 21.4 Å². The van der Waals surface area contributed by atoms with E-state index in [4.69, 9.17) is 0 Å². The van der Waals surface area contributed by atoms with Crippen LogP contribution in [0.2, 0.25) is 0 Å². The summed E-state index contributed by atoms with van der Waals surface area (Å²) < 4.78 is 0. The number of nitrogens with one attached hydrogen (secondary N) is 1. The van der Waals surface area contributed by atoms with E-state index in [-0.39, 0.29) is 6.61 Å². The molecule has 0 amide bonds. The van der Waals surface area contributed by atoms with Gasteiger partial charge in [-0.1, -0.05) is 23.4 Å². The molecule has 18 heavy (non-hydrogen) atoms. The van der Waals surface area contributed by atoms with Crippen molar-refractivity contribution in [3.05, 3.63) is 23.4 Å². The van der Waals surface area contributed by atoms with Gasteiger partial charge in [-0.25, -0.2) is 9.97 Å². The summed E-state index contributed by atoms with van der Waals surface area (Å²) in [6.07, 6.45) is 9.74. The molecule has 2 atom stereocenters. The van der Waals surface area contributed by atoms with Gasteiger partial charge < -0.3 is 10.4 Å². The number of aromatic nitrogens is 2. The highest BCUT2D eigenvalue weighted by atomic mass is 32.2. The normalized spacial score (nSPS) is 25.3. The number of nitrogens with zero attached hydrogens (tertiary/aromatic N) is 2. The molecule has 1 unspecified atom stereocenters. The first-order chi connectivity index (χ1) is 8.80. The van der Waals surface area contributed by atoms with E-state index in [1.807, 2.05) is 6.26 Å². The van der Waals surface area contributed by atoms with Crippen LogP contribution in [0.25, 0.3) is 0 Å². The van der Waals surface area contributed by atoms with Gasteiger partial charge in [-0.05, 0) is 31.4 Å². The Kier molecular flexibility index (Phi) is 3.26. The van der Waals surface area contributed by atoms with Crippen molar-refractivity contribution in [3.8, 4) is 0 Å². The van der Waals surface area contributed by atoms with Gasteiger partial charge in [0.2, 0.25) is 0 Å². The van der Waals surface area contributed by atoms with Crippen molar-refractivity contribution in [2.24, 2.45) is 5.92 Å². The number of rotatable bonds is 4. The first kappa shape index (κ1) is 12.0. The monoisotopic (exact) mass is 263 g/mol. The molecule has 2 N–H and O–H groups in total. The van der Waals surface area contributed by atoms with Crippen LogP contribution in [0.4, 0.5) is 5.82 Å². The van der Waals surface area contributed by atoms with Crippen LogP contribution in [-0.4, -0.2) is 27.4 Å². The molecule has 5 heteroatoms. The van der Waals surface area contributed by atoms with Gasteiger partial charge in [-0.3, -0.25) is 0 Å². The summed E-state index contributed by atoms with van der Waals surface area (Å²) in [5.74, 6) is 1.53. The molecule has 0 saturated carbocycles. The van der Waals surface area contributed by atoms with Crippen LogP contribution in [0.3, 0.4) is 0 Å². The minimum Gasteiger partial charge on any atom is -0.391 e. The third kappa shape index (κ3) is 2.12. The number of anilines is 1. The third-order valence-corrected chi connectivity index (χ3v) is 4.31. The van der Waals surface area contributed by atoms with Crippen LogP contribution >= 0.6 is 11.8 Å². The third-order valence-electron chi connectivity index (χ3n) is 3.75. The zero-order valence-corrected chi connectivity index (χ0v) is 11.2. The number of thioether (sulfide) groups is 1. The summed E-state index contributed by atoms with van der Waals surface area (Å²) in [6.45, 7) is -0.0216. The molecule has 0 aromatic carbocycles. The molecule has 0 fully saturated rings. The smallest absolute Gasteiger partial charge is 0.189 e. The molecule has 96 valence electrons. The van der Waals surface area contributed by atoms with Gasteiger partial charge in [0.15, 0.2) is 5.16 Å². The minimum absolute atomic E-state index is 0.0216. The zero-order chi connectivity index (χ0) is 12.5. The van der Waals surface area contributed by atoms with E-state index in [1.165, 1.54) is 36.6 Å². The molecule has 2 aliphatic carbocycles. The lowest BCUT2D eigenvalue weighted by molar-refractivity contribution is 0.281. The van der Waals surface area contributed by atoms with Crippen molar-refractivity contribution in [2.75, 3.05) is 11.6 Å². The summed E-state index contributed by atoms with van der Waals surface area (Å²) >= 11 is 1.52. The maximum Gasteiger partial charge on any atom is 0.189 e. The van der Waals surface area contributed by atoms with Gasteiger partial charge in [0.1, 0.15) is 5.82 Å². The number of aliphatic hydroxyl groups excluding tert-OH is 1.